The third-order valence-electron chi connectivity index (χ3n) is 17.1. The highest BCUT2D eigenvalue weighted by Gasteiger charge is 2.46. The van der Waals surface area contributed by atoms with E-state index < -0.39 is 108 Å². The minimum atomic E-state index is -1.14. The lowest BCUT2D eigenvalue weighted by molar-refractivity contribution is -0.147. The van der Waals surface area contributed by atoms with Crippen LogP contribution in [0.2, 0.25) is 0 Å². The molecule has 1 aromatic rings. The molecule has 10 N–H and O–H groups in total. The van der Waals surface area contributed by atoms with Gasteiger partial charge < -0.3 is 72.1 Å². The van der Waals surface area contributed by atoms with E-state index in [-0.39, 0.29) is 99.9 Å². The number of nitrogens with two attached hydrogens (primary N) is 1. The van der Waals surface area contributed by atoms with Crippen LogP contribution in [0.5, 0.6) is 0 Å². The molecule has 13 unspecified atom stereocenters. The Hall–Kier alpha value is -6.54. The first-order valence-corrected chi connectivity index (χ1v) is 30.2. The summed E-state index contributed by atoms with van der Waals surface area (Å²) in [6.45, 7) is 13.1. The van der Waals surface area contributed by atoms with E-state index in [1.165, 1.54) is 14.2 Å². The number of fused-ring (bicyclic) bond motifs is 2. The molecular formula is C60H95N11O14. The summed E-state index contributed by atoms with van der Waals surface area (Å²) < 4.78 is 17.6. The lowest BCUT2D eigenvalue weighted by atomic mass is 9.89. The van der Waals surface area contributed by atoms with Gasteiger partial charge in [0, 0.05) is 64.7 Å². The Bertz CT molecular complexity index is 2500. The van der Waals surface area contributed by atoms with Crippen molar-refractivity contribution in [2.75, 3.05) is 66.0 Å². The van der Waals surface area contributed by atoms with Crippen molar-refractivity contribution in [1.29, 1.82) is 0 Å². The minimum absolute atomic E-state index is 0.0113. The monoisotopic (exact) mass is 1190 g/mol. The molecule has 2 bridgehead atoms. The highest BCUT2D eigenvalue weighted by molar-refractivity contribution is 6.12. The molecule has 25 heteroatoms. The Morgan fingerprint density at radius 1 is 0.859 bits per heavy atom. The van der Waals surface area contributed by atoms with Crippen LogP contribution in [0.25, 0.3) is 0 Å². The summed E-state index contributed by atoms with van der Waals surface area (Å²) in [6, 6.07) is 1.26. The molecule has 2 saturated heterocycles. The smallest absolute Gasteiger partial charge is 0.312 e. The second-order valence-corrected chi connectivity index (χ2v) is 23.8. The van der Waals surface area contributed by atoms with Crippen LogP contribution in [-0.2, 0) is 63.8 Å². The maximum atomic E-state index is 14.5. The van der Waals surface area contributed by atoms with Gasteiger partial charge in [-0.25, -0.2) is 4.79 Å². The normalized spacial score (nSPS) is 21.4. The zero-order valence-corrected chi connectivity index (χ0v) is 51.3. The molecule has 3 aliphatic heterocycles. The molecule has 25 nitrogen and oxygen atoms in total. The Balaban J connectivity index is 1.18. The topological polar surface area (TPSA) is 339 Å². The molecule has 85 heavy (non-hydrogen) atoms. The van der Waals surface area contributed by atoms with Crippen LogP contribution in [-0.4, -0.2) is 200 Å². The fourth-order valence-electron chi connectivity index (χ4n) is 12.1. The summed E-state index contributed by atoms with van der Waals surface area (Å²) in [5, 5.41) is 30.8. The van der Waals surface area contributed by atoms with Gasteiger partial charge >= 0.3 is 6.03 Å². The zero-order chi connectivity index (χ0) is 62.7. The fourth-order valence-corrected chi connectivity index (χ4v) is 12.1. The number of rotatable bonds is 35. The third kappa shape index (κ3) is 19.5. The van der Waals surface area contributed by atoms with E-state index in [1.54, 1.807) is 61.9 Å². The van der Waals surface area contributed by atoms with E-state index in [4.69, 9.17) is 19.9 Å². The largest absolute Gasteiger partial charge is 0.394 e. The molecule has 1 aromatic carbocycles. The van der Waals surface area contributed by atoms with E-state index in [1.807, 2.05) is 27.7 Å². The van der Waals surface area contributed by atoms with Gasteiger partial charge in [0.1, 0.15) is 18.1 Å². The Morgan fingerprint density at radius 2 is 1.56 bits per heavy atom. The number of benzene rings is 1. The van der Waals surface area contributed by atoms with Gasteiger partial charge in [0.2, 0.25) is 41.4 Å². The second kappa shape index (κ2) is 33.4. The predicted octanol–water partition coefficient (Wildman–Crippen LogP) is 1.25. The molecule has 4 aliphatic rings. The fraction of sp³-hybridized carbons (Fsp3) is 0.700. The van der Waals surface area contributed by atoms with Crippen LogP contribution in [0.3, 0.4) is 0 Å². The highest BCUT2D eigenvalue weighted by atomic mass is 16.5. The summed E-state index contributed by atoms with van der Waals surface area (Å²) in [4.78, 5) is 137. The van der Waals surface area contributed by atoms with Crippen molar-refractivity contribution < 1.29 is 67.3 Å². The Kier molecular flexibility index (Phi) is 27.2. The number of nitrogens with zero attached hydrogens (tertiary/aromatic N) is 3. The first-order chi connectivity index (χ1) is 40.4. The number of carbonyl (C=O) groups is 10. The highest BCUT2D eigenvalue weighted by Crippen LogP contribution is 2.36. The summed E-state index contributed by atoms with van der Waals surface area (Å²) in [5.41, 5.74) is 6.24. The van der Waals surface area contributed by atoms with Gasteiger partial charge in [-0.15, -0.1) is 0 Å². The minimum Gasteiger partial charge on any atom is -0.394 e. The van der Waals surface area contributed by atoms with Crippen molar-refractivity contribution in [3.05, 3.63) is 42.0 Å². The quantitative estimate of drug-likeness (QED) is 0.0341. The number of piperidine rings is 1. The number of likely N-dealkylation sites (tertiary alicyclic amines) is 1. The van der Waals surface area contributed by atoms with E-state index >= 15 is 0 Å². The van der Waals surface area contributed by atoms with Gasteiger partial charge in [-0.05, 0) is 92.7 Å². The number of primary amides is 1. The number of anilines is 1. The number of ether oxygens (including phenoxy) is 3. The van der Waals surface area contributed by atoms with Crippen LogP contribution in [0.15, 0.2) is 36.4 Å². The summed E-state index contributed by atoms with van der Waals surface area (Å²) >= 11 is 0. The SMILES string of the molecule is CCC(C)C(C(CC(=O)N1CCCC1C(OC)C(C)C(=O)NC(CO)Cc1cccc(NC(=O)C(CCCNC(N)=O)NC(=O)C(NC(=O)CCOCCN2C(=O)C=CC2=O)C(C)C)c1)OC)N(C)C(=O)C(NC(=O)C1NC2CCC1C2)C(C)C. The van der Waals surface area contributed by atoms with E-state index in [0.29, 0.717) is 43.1 Å². The molecule has 474 valence electrons. The van der Waals surface area contributed by atoms with Crippen molar-refractivity contribution in [3.63, 3.8) is 0 Å². The standard InChI is InChI=1S/C60H95N11O14/c1-11-36(6)53(69(8)59(81)51(35(4)5)68-58(80)52-39-19-20-41(31-39)63-52)45(83-9)32-49(76)70-25-14-18-44(70)54(84-10)37(7)55(77)65-42(33-72)30-38-15-12-16-40(29-38)64-56(78)43(17-13-24-62-60(61)82)66-57(79)50(34(2)3)67-46(73)23-27-85-28-26-71-47(74)21-22-48(71)75/h12,15-16,21-22,29,34-37,39,41-45,50-54,63,72H,11,13-14,17-20,23-28,30-33H2,1-10H3,(H,64,78)(H,65,77)(H,66,79)(H,67,73)(H,68,80)(H3,61,62,82). The molecule has 0 aromatic heterocycles. The number of hydrogen-bond donors (Lipinski definition) is 9. The Morgan fingerprint density at radius 3 is 2.16 bits per heavy atom. The lowest BCUT2D eigenvalue weighted by Gasteiger charge is -2.41. The van der Waals surface area contributed by atoms with Crippen molar-refractivity contribution in [2.45, 2.75) is 180 Å². The first kappa shape index (κ1) is 69.2. The molecule has 0 radical (unpaired) electrons. The lowest BCUT2D eigenvalue weighted by Crippen LogP contribution is -2.60. The number of imide groups is 1. The van der Waals surface area contributed by atoms with E-state index in [9.17, 15) is 53.1 Å². The van der Waals surface area contributed by atoms with Gasteiger partial charge in [-0.2, -0.15) is 0 Å². The van der Waals surface area contributed by atoms with Gasteiger partial charge in [-0.3, -0.25) is 48.1 Å². The number of nitrogens with one attached hydrogen (secondary N) is 7. The van der Waals surface area contributed by atoms with Crippen LogP contribution >= 0.6 is 0 Å². The average Bonchev–Trinajstić information content (AvgIpc) is 3.19. The molecule has 11 amide bonds. The van der Waals surface area contributed by atoms with Crippen LogP contribution in [0.4, 0.5) is 10.5 Å². The van der Waals surface area contributed by atoms with Gasteiger partial charge in [0.05, 0.1) is 75.1 Å². The number of aliphatic hydroxyl groups is 1. The number of amides is 11. The predicted molar refractivity (Wildman–Crippen MR) is 316 cm³/mol. The van der Waals surface area contributed by atoms with Crippen LogP contribution < -0.4 is 43.0 Å². The Labute approximate surface area is 500 Å². The number of carbonyl (C=O) groups excluding carboxylic acids is 10. The molecule has 1 saturated carbocycles. The number of likely N-dealkylation sites (N-methyl/N-ethyl adjacent to an activating group) is 1. The number of hydrogen-bond acceptors (Lipinski definition) is 15. The van der Waals surface area contributed by atoms with Crippen LogP contribution in [0, 0.1) is 29.6 Å². The van der Waals surface area contributed by atoms with Crippen LogP contribution in [0.1, 0.15) is 118 Å². The summed E-state index contributed by atoms with van der Waals surface area (Å²) in [5.74, 6) is -4.91. The van der Waals surface area contributed by atoms with Gasteiger partial charge in [0.15, 0.2) is 0 Å². The summed E-state index contributed by atoms with van der Waals surface area (Å²) in [6.07, 6.45) is 6.10. The molecule has 1 aliphatic carbocycles. The first-order valence-electron chi connectivity index (χ1n) is 30.2. The number of methoxy groups -OCH3 is 2. The third-order valence-corrected chi connectivity index (χ3v) is 17.1. The van der Waals surface area contributed by atoms with Gasteiger partial charge in [-0.1, -0.05) is 67.0 Å². The van der Waals surface area contributed by atoms with Crippen molar-refractivity contribution >= 4 is 64.9 Å². The maximum absolute atomic E-state index is 14.5. The van der Waals surface area contributed by atoms with Crippen molar-refractivity contribution in [2.24, 2.45) is 35.3 Å². The average molecular weight is 1190 g/mol. The van der Waals surface area contributed by atoms with E-state index in [0.717, 1.165) is 36.3 Å². The van der Waals surface area contributed by atoms with Crippen molar-refractivity contribution in [3.8, 4) is 0 Å². The number of urea groups is 1. The molecule has 13 atom stereocenters. The molecule has 0 spiro atoms. The number of aliphatic hydroxyl groups excluding tert-OH is 1. The maximum Gasteiger partial charge on any atom is 0.312 e. The van der Waals surface area contributed by atoms with Gasteiger partial charge in [0.25, 0.3) is 11.8 Å². The molecule has 5 rings (SSSR count). The molecular weight excluding hydrogens is 1100 g/mol. The molecule has 3 heterocycles. The summed E-state index contributed by atoms with van der Waals surface area (Å²) in [7, 11) is 4.74. The zero-order valence-electron chi connectivity index (χ0n) is 51.3. The molecule has 3 fully saturated rings. The van der Waals surface area contributed by atoms with Crippen molar-refractivity contribution in [1.82, 2.24) is 46.6 Å². The second-order valence-electron chi connectivity index (χ2n) is 23.8. The van der Waals surface area contributed by atoms with E-state index in [2.05, 4.69) is 37.2 Å².